The molecule has 0 radical (unpaired) electrons. The monoisotopic (exact) mass is 382 g/mol. The van der Waals surface area contributed by atoms with E-state index in [9.17, 15) is 4.79 Å². The fourth-order valence-electron chi connectivity index (χ4n) is 3.01. The van der Waals surface area contributed by atoms with Crippen molar-refractivity contribution in [3.63, 3.8) is 0 Å². The first-order valence-corrected chi connectivity index (χ1v) is 9.97. The molecule has 1 aliphatic rings. The van der Waals surface area contributed by atoms with Crippen molar-refractivity contribution in [2.75, 3.05) is 11.1 Å². The molecule has 140 valence electrons. The summed E-state index contributed by atoms with van der Waals surface area (Å²) in [5.41, 5.74) is 4.66. The molecule has 1 fully saturated rings. The lowest BCUT2D eigenvalue weighted by molar-refractivity contribution is -0.113. The Morgan fingerprint density at radius 3 is 2.67 bits per heavy atom. The van der Waals surface area contributed by atoms with Gasteiger partial charge in [-0.05, 0) is 45.7 Å². The van der Waals surface area contributed by atoms with E-state index < -0.39 is 0 Å². The Balaban J connectivity index is 1.45. The fourth-order valence-corrected chi connectivity index (χ4v) is 3.79. The van der Waals surface area contributed by atoms with Crippen LogP contribution in [0.1, 0.15) is 35.8 Å². The molecule has 1 aliphatic carbocycles. The van der Waals surface area contributed by atoms with E-state index in [1.165, 1.54) is 17.3 Å². The van der Waals surface area contributed by atoms with E-state index in [1.54, 1.807) is 6.33 Å². The topological polar surface area (TPSA) is 77.6 Å². The number of aryl methyl sites for hydroxylation is 2. The Hall–Kier alpha value is -2.61. The summed E-state index contributed by atoms with van der Waals surface area (Å²) in [5.74, 6) is 0.222. The standard InChI is InChI=1S/C19H22N6OS/c1-12-4-6-16(7-5-12)25-14(3)18(13(2)23-25)21-17(26)10-27-19-22-20-11-24(19)15-8-9-15/h4-7,11,15H,8-10H2,1-3H3,(H,21,26). The van der Waals surface area contributed by atoms with Crippen LogP contribution in [-0.4, -0.2) is 36.2 Å². The predicted molar refractivity (Wildman–Crippen MR) is 105 cm³/mol. The first-order valence-electron chi connectivity index (χ1n) is 8.98. The lowest BCUT2D eigenvalue weighted by Gasteiger charge is -2.08. The minimum absolute atomic E-state index is 0.0694. The number of rotatable bonds is 6. The highest BCUT2D eigenvalue weighted by molar-refractivity contribution is 7.99. The van der Waals surface area contributed by atoms with E-state index in [4.69, 9.17) is 0 Å². The van der Waals surface area contributed by atoms with Gasteiger partial charge < -0.3 is 9.88 Å². The van der Waals surface area contributed by atoms with Crippen LogP contribution in [0, 0.1) is 20.8 Å². The molecule has 8 heteroatoms. The molecule has 0 aliphatic heterocycles. The third-order valence-electron chi connectivity index (χ3n) is 4.65. The van der Waals surface area contributed by atoms with Gasteiger partial charge in [0.15, 0.2) is 5.16 Å². The Morgan fingerprint density at radius 2 is 1.96 bits per heavy atom. The number of benzene rings is 1. The maximum absolute atomic E-state index is 12.5. The van der Waals surface area contributed by atoms with Gasteiger partial charge in [0.2, 0.25) is 5.91 Å². The summed E-state index contributed by atoms with van der Waals surface area (Å²) < 4.78 is 3.92. The summed E-state index contributed by atoms with van der Waals surface area (Å²) in [6.07, 6.45) is 4.07. The highest BCUT2D eigenvalue weighted by atomic mass is 32.2. The van der Waals surface area contributed by atoms with Crippen LogP contribution in [0.2, 0.25) is 0 Å². The van der Waals surface area contributed by atoms with Crippen LogP contribution in [-0.2, 0) is 4.79 Å². The SMILES string of the molecule is Cc1ccc(-n2nc(C)c(NC(=O)CSc3nncn3C3CC3)c2C)cc1. The van der Waals surface area contributed by atoms with Crippen molar-refractivity contribution in [3.8, 4) is 5.69 Å². The molecule has 0 bridgehead atoms. The Bertz CT molecular complexity index is 971. The number of carbonyl (C=O) groups is 1. The van der Waals surface area contributed by atoms with E-state index in [0.717, 1.165) is 40.8 Å². The van der Waals surface area contributed by atoms with Gasteiger partial charge >= 0.3 is 0 Å². The van der Waals surface area contributed by atoms with Gasteiger partial charge in [0.05, 0.1) is 28.5 Å². The van der Waals surface area contributed by atoms with Crippen molar-refractivity contribution in [2.45, 2.75) is 44.8 Å². The second-order valence-electron chi connectivity index (χ2n) is 6.88. The Kier molecular flexibility index (Phi) is 4.73. The Labute approximate surface area is 162 Å². The van der Waals surface area contributed by atoms with Crippen LogP contribution in [0.4, 0.5) is 5.69 Å². The first-order chi connectivity index (χ1) is 13.0. The van der Waals surface area contributed by atoms with Gasteiger partial charge in [0, 0.05) is 6.04 Å². The number of amides is 1. The van der Waals surface area contributed by atoms with Gasteiger partial charge in [-0.15, -0.1) is 10.2 Å². The normalized spacial score (nSPS) is 13.7. The maximum atomic E-state index is 12.5. The van der Waals surface area contributed by atoms with Crippen LogP contribution in [0.15, 0.2) is 35.7 Å². The van der Waals surface area contributed by atoms with Crippen LogP contribution >= 0.6 is 11.8 Å². The molecule has 4 rings (SSSR count). The lowest BCUT2D eigenvalue weighted by Crippen LogP contribution is -2.15. The molecular formula is C19H22N6OS. The second-order valence-corrected chi connectivity index (χ2v) is 7.82. The number of hydrogen-bond acceptors (Lipinski definition) is 5. The number of hydrogen-bond donors (Lipinski definition) is 1. The predicted octanol–water partition coefficient (Wildman–Crippen LogP) is 3.45. The van der Waals surface area contributed by atoms with Crippen molar-refractivity contribution in [3.05, 3.63) is 47.5 Å². The largest absolute Gasteiger partial charge is 0.322 e. The van der Waals surface area contributed by atoms with E-state index >= 15 is 0 Å². The zero-order valence-corrected chi connectivity index (χ0v) is 16.5. The summed E-state index contributed by atoms with van der Waals surface area (Å²) in [4.78, 5) is 12.5. The first kappa shape index (κ1) is 17.8. The lowest BCUT2D eigenvalue weighted by atomic mass is 10.2. The molecule has 1 saturated carbocycles. The molecule has 0 saturated heterocycles. The van der Waals surface area contributed by atoms with Gasteiger partial charge in [-0.1, -0.05) is 29.5 Å². The molecule has 1 amide bonds. The summed E-state index contributed by atoms with van der Waals surface area (Å²) in [5, 5.41) is 16.5. The molecule has 2 heterocycles. The molecule has 1 N–H and O–H groups in total. The van der Waals surface area contributed by atoms with Crippen molar-refractivity contribution in [2.24, 2.45) is 0 Å². The summed E-state index contributed by atoms with van der Waals surface area (Å²) in [6, 6.07) is 8.66. The van der Waals surface area contributed by atoms with Crippen molar-refractivity contribution < 1.29 is 4.79 Å². The third-order valence-corrected chi connectivity index (χ3v) is 5.60. The van der Waals surface area contributed by atoms with Gasteiger partial charge in [0.1, 0.15) is 6.33 Å². The van der Waals surface area contributed by atoms with Crippen molar-refractivity contribution in [1.29, 1.82) is 0 Å². The summed E-state index contributed by atoms with van der Waals surface area (Å²) >= 11 is 1.42. The van der Waals surface area contributed by atoms with Gasteiger partial charge in [0.25, 0.3) is 0 Å². The number of carbonyl (C=O) groups excluding carboxylic acids is 1. The zero-order chi connectivity index (χ0) is 19.0. The third kappa shape index (κ3) is 3.75. The van der Waals surface area contributed by atoms with Gasteiger partial charge in [-0.25, -0.2) is 4.68 Å². The number of nitrogens with one attached hydrogen (secondary N) is 1. The average molecular weight is 382 g/mol. The molecule has 7 nitrogen and oxygen atoms in total. The van der Waals surface area contributed by atoms with E-state index in [1.807, 2.05) is 30.7 Å². The molecule has 0 atom stereocenters. The Morgan fingerprint density at radius 1 is 1.22 bits per heavy atom. The van der Waals surface area contributed by atoms with E-state index in [2.05, 4.69) is 44.2 Å². The number of thioether (sulfide) groups is 1. The number of nitrogens with zero attached hydrogens (tertiary/aromatic N) is 5. The van der Waals surface area contributed by atoms with Crippen molar-refractivity contribution in [1.82, 2.24) is 24.5 Å². The van der Waals surface area contributed by atoms with Gasteiger partial charge in [-0.2, -0.15) is 5.10 Å². The van der Waals surface area contributed by atoms with E-state index in [-0.39, 0.29) is 5.91 Å². The fraction of sp³-hybridized carbons (Fsp3) is 0.368. The van der Waals surface area contributed by atoms with Crippen LogP contribution in [0.3, 0.4) is 0 Å². The highest BCUT2D eigenvalue weighted by Crippen LogP contribution is 2.37. The number of anilines is 1. The smallest absolute Gasteiger partial charge is 0.234 e. The zero-order valence-electron chi connectivity index (χ0n) is 15.6. The molecule has 3 aromatic rings. The van der Waals surface area contributed by atoms with Crippen LogP contribution in [0.5, 0.6) is 0 Å². The van der Waals surface area contributed by atoms with Crippen LogP contribution in [0.25, 0.3) is 5.69 Å². The molecule has 1 aromatic carbocycles. The van der Waals surface area contributed by atoms with E-state index in [0.29, 0.717) is 11.8 Å². The van der Waals surface area contributed by atoms with Crippen LogP contribution < -0.4 is 5.32 Å². The number of aromatic nitrogens is 5. The van der Waals surface area contributed by atoms with Crippen molar-refractivity contribution >= 4 is 23.4 Å². The van der Waals surface area contributed by atoms with Gasteiger partial charge in [-0.3, -0.25) is 4.79 Å². The minimum Gasteiger partial charge on any atom is -0.322 e. The molecule has 0 spiro atoms. The molecular weight excluding hydrogens is 360 g/mol. The molecule has 27 heavy (non-hydrogen) atoms. The maximum Gasteiger partial charge on any atom is 0.234 e. The quantitative estimate of drug-likeness (QED) is 0.661. The summed E-state index contributed by atoms with van der Waals surface area (Å²) in [7, 11) is 0. The average Bonchev–Trinajstić information content (AvgIpc) is 3.33. The second kappa shape index (κ2) is 7.19. The summed E-state index contributed by atoms with van der Waals surface area (Å²) in [6.45, 7) is 5.93. The molecule has 0 unspecified atom stereocenters. The minimum atomic E-state index is -0.0694. The highest BCUT2D eigenvalue weighted by Gasteiger charge is 2.26. The molecule has 2 aromatic heterocycles.